The van der Waals surface area contributed by atoms with Crippen molar-refractivity contribution >= 4 is 17.1 Å². The predicted octanol–water partition coefficient (Wildman–Crippen LogP) is 2.28. The van der Waals surface area contributed by atoms with Gasteiger partial charge in [-0.2, -0.15) is 0 Å². The van der Waals surface area contributed by atoms with Crippen LogP contribution in [0.15, 0.2) is 0 Å². The summed E-state index contributed by atoms with van der Waals surface area (Å²) in [7, 11) is 4.65. The fourth-order valence-electron chi connectivity index (χ4n) is 2.99. The summed E-state index contributed by atoms with van der Waals surface area (Å²) >= 11 is 0. The van der Waals surface area contributed by atoms with E-state index in [9.17, 15) is 0 Å². The number of hydrogen-bond donors (Lipinski definition) is 0. The lowest BCUT2D eigenvalue weighted by atomic mass is 10.4. The normalized spacial score (nSPS) is 16.5. The maximum Gasteiger partial charge on any atom is 0.352 e. The molecule has 0 aromatic carbocycles. The van der Waals surface area contributed by atoms with Crippen LogP contribution in [0.1, 0.15) is 26.7 Å². The molecule has 0 aliphatic heterocycles. The number of nitrogens with zero attached hydrogens (tertiary/aromatic N) is 1. The van der Waals surface area contributed by atoms with Crippen molar-refractivity contribution in [2.24, 2.45) is 0 Å². The van der Waals surface area contributed by atoms with E-state index in [2.05, 4.69) is 38.9 Å². The van der Waals surface area contributed by atoms with Gasteiger partial charge in [0.05, 0.1) is 11.3 Å². The third-order valence-electron chi connectivity index (χ3n) is 4.59. The molecule has 0 bridgehead atoms. The highest BCUT2D eigenvalue weighted by Crippen LogP contribution is 2.26. The fraction of sp³-hybridized carbons (Fsp3) is 1.00. The lowest BCUT2D eigenvalue weighted by molar-refractivity contribution is 0.133. The molecule has 122 valence electrons. The monoisotopic (exact) mass is 323 g/mol. The van der Waals surface area contributed by atoms with Gasteiger partial charge in [-0.3, -0.25) is 4.90 Å². The van der Waals surface area contributed by atoms with E-state index in [4.69, 9.17) is 17.7 Å². The Bertz CT molecular complexity index is 247. The molecule has 0 fully saturated rings. The van der Waals surface area contributed by atoms with E-state index in [0.29, 0.717) is 0 Å². The van der Waals surface area contributed by atoms with E-state index >= 15 is 0 Å². The van der Waals surface area contributed by atoms with Gasteiger partial charge in [-0.15, -0.1) is 0 Å². The Hall–Kier alpha value is 0.234. The van der Waals surface area contributed by atoms with E-state index in [1.54, 1.807) is 28.4 Å². The molecule has 20 heavy (non-hydrogen) atoms. The van der Waals surface area contributed by atoms with Crippen molar-refractivity contribution in [3.8, 4) is 0 Å². The van der Waals surface area contributed by atoms with Crippen LogP contribution >= 0.6 is 0 Å². The first-order chi connectivity index (χ1) is 9.29. The molecule has 0 heterocycles. The third kappa shape index (κ3) is 4.12. The van der Waals surface area contributed by atoms with Gasteiger partial charge < -0.3 is 17.7 Å². The van der Waals surface area contributed by atoms with E-state index in [0.717, 1.165) is 12.8 Å². The zero-order chi connectivity index (χ0) is 16.0. The van der Waals surface area contributed by atoms with Crippen LogP contribution in [0.5, 0.6) is 0 Å². The van der Waals surface area contributed by atoms with Crippen molar-refractivity contribution in [1.82, 2.24) is 4.90 Å². The van der Waals surface area contributed by atoms with Crippen molar-refractivity contribution < 1.29 is 17.7 Å². The highest BCUT2D eigenvalue weighted by molar-refractivity contribution is 6.69. The Balaban J connectivity index is 5.38. The van der Waals surface area contributed by atoms with Crippen LogP contribution < -0.4 is 0 Å². The number of hydrogen-bond acceptors (Lipinski definition) is 5. The number of rotatable bonds is 10. The van der Waals surface area contributed by atoms with Gasteiger partial charge in [0, 0.05) is 28.4 Å². The summed E-state index contributed by atoms with van der Waals surface area (Å²) in [5, 5.41) is 0. The van der Waals surface area contributed by atoms with Crippen LogP contribution in [-0.2, 0) is 17.7 Å². The minimum atomic E-state index is -2.24. The molecule has 2 atom stereocenters. The minimum absolute atomic E-state index is 0.263. The first kappa shape index (κ1) is 20.2. The van der Waals surface area contributed by atoms with Gasteiger partial charge in [0.25, 0.3) is 0 Å². The van der Waals surface area contributed by atoms with Gasteiger partial charge in [0.1, 0.15) is 0 Å². The lowest BCUT2D eigenvalue weighted by Crippen LogP contribution is -2.65. The molecule has 0 radical (unpaired) electrons. The molecule has 0 rings (SSSR count). The van der Waals surface area contributed by atoms with E-state index in [1.807, 2.05) is 0 Å². The third-order valence-corrected chi connectivity index (χ3v) is 11.9. The highest BCUT2D eigenvalue weighted by atomic mass is 28.4. The zero-order valence-corrected chi connectivity index (χ0v) is 16.6. The Labute approximate surface area is 127 Å². The predicted molar refractivity (Wildman–Crippen MR) is 87.2 cm³/mol. The Kier molecular flexibility index (Phi) is 8.72. The molecule has 0 saturated carbocycles. The van der Waals surface area contributed by atoms with Crippen LogP contribution in [0.3, 0.4) is 0 Å². The topological polar surface area (TPSA) is 40.2 Å². The summed E-state index contributed by atoms with van der Waals surface area (Å²) in [4.78, 5) is 2.36. The van der Waals surface area contributed by atoms with Crippen molar-refractivity contribution in [2.75, 3.05) is 35.5 Å². The van der Waals surface area contributed by atoms with Crippen molar-refractivity contribution in [3.05, 3.63) is 0 Å². The molecule has 0 aliphatic carbocycles. The van der Waals surface area contributed by atoms with Crippen LogP contribution in [0, 0.1) is 0 Å². The Morgan fingerprint density at radius 1 is 0.750 bits per heavy atom. The largest absolute Gasteiger partial charge is 0.397 e. The van der Waals surface area contributed by atoms with Crippen LogP contribution in [-0.4, -0.2) is 68.8 Å². The average Bonchev–Trinajstić information content (AvgIpc) is 2.47. The molecule has 0 amide bonds. The van der Waals surface area contributed by atoms with Gasteiger partial charge >= 0.3 is 17.1 Å². The summed E-state index contributed by atoms with van der Waals surface area (Å²) in [6.45, 7) is 8.58. The summed E-state index contributed by atoms with van der Waals surface area (Å²) in [6.07, 6.45) is 1.96. The Morgan fingerprint density at radius 3 is 1.15 bits per heavy atom. The van der Waals surface area contributed by atoms with Gasteiger partial charge in [0.15, 0.2) is 0 Å². The van der Waals surface area contributed by atoms with E-state index in [-0.39, 0.29) is 11.3 Å². The molecule has 0 aromatic heterocycles. The van der Waals surface area contributed by atoms with Crippen LogP contribution in [0.2, 0.25) is 13.1 Å². The smallest absolute Gasteiger partial charge is 0.352 e. The average molecular weight is 324 g/mol. The highest BCUT2D eigenvalue weighted by Gasteiger charge is 2.48. The lowest BCUT2D eigenvalue weighted by Gasteiger charge is -2.45. The van der Waals surface area contributed by atoms with Crippen LogP contribution in [0.4, 0.5) is 0 Å². The summed E-state index contributed by atoms with van der Waals surface area (Å²) in [5.74, 6) is 0. The second-order valence-corrected chi connectivity index (χ2v) is 12.4. The maximum absolute atomic E-state index is 5.74. The summed E-state index contributed by atoms with van der Waals surface area (Å²) in [5.41, 5.74) is 0.527. The van der Waals surface area contributed by atoms with Gasteiger partial charge in [-0.25, -0.2) is 0 Å². The van der Waals surface area contributed by atoms with Crippen molar-refractivity contribution in [1.29, 1.82) is 0 Å². The molecular formula is C13H33NO4Si2. The Morgan fingerprint density at radius 2 is 1.00 bits per heavy atom. The van der Waals surface area contributed by atoms with Gasteiger partial charge in [-0.1, -0.05) is 13.8 Å². The SMILES string of the molecule is CCC(N(C)C(CC)[Si](C)(OC)OC)[Si](C)(OC)OC. The first-order valence-corrected chi connectivity index (χ1v) is 12.0. The first-order valence-electron chi connectivity index (χ1n) is 7.22. The maximum atomic E-state index is 5.74. The standard InChI is InChI=1S/C13H33NO4Si2/c1-10-12(19(8,15-4)16-5)14(3)13(11-2)20(9,17-6)18-7/h12-13H,10-11H2,1-9H3. The molecule has 2 unspecified atom stereocenters. The van der Waals surface area contributed by atoms with Crippen molar-refractivity contribution in [3.63, 3.8) is 0 Å². The quantitative estimate of drug-likeness (QED) is 0.577. The van der Waals surface area contributed by atoms with Crippen LogP contribution in [0.25, 0.3) is 0 Å². The summed E-state index contributed by atoms with van der Waals surface area (Å²) < 4.78 is 23.0. The molecule has 0 N–H and O–H groups in total. The fourth-order valence-corrected chi connectivity index (χ4v) is 7.88. The second-order valence-electron chi connectivity index (χ2n) is 5.36. The molecule has 0 aromatic rings. The van der Waals surface area contributed by atoms with Gasteiger partial charge in [-0.05, 0) is 33.0 Å². The molecule has 5 nitrogen and oxygen atoms in total. The molecular weight excluding hydrogens is 290 g/mol. The van der Waals surface area contributed by atoms with Crippen molar-refractivity contribution in [2.45, 2.75) is 51.1 Å². The van der Waals surface area contributed by atoms with E-state index < -0.39 is 17.1 Å². The molecule has 0 aliphatic rings. The van der Waals surface area contributed by atoms with Gasteiger partial charge in [0.2, 0.25) is 0 Å². The summed E-state index contributed by atoms with van der Waals surface area (Å²) in [6, 6.07) is 0. The minimum Gasteiger partial charge on any atom is -0.397 e. The van der Waals surface area contributed by atoms with E-state index in [1.165, 1.54) is 0 Å². The zero-order valence-electron chi connectivity index (χ0n) is 14.6. The molecule has 0 spiro atoms. The second kappa shape index (κ2) is 8.62. The molecule has 7 heteroatoms. The molecule has 0 saturated heterocycles.